The van der Waals surface area contributed by atoms with Gasteiger partial charge in [0.1, 0.15) is 5.60 Å². The van der Waals surface area contributed by atoms with Crippen LogP contribution in [0.2, 0.25) is 0 Å². The van der Waals surface area contributed by atoms with Crippen molar-refractivity contribution in [3.8, 4) is 0 Å². The van der Waals surface area contributed by atoms with Crippen molar-refractivity contribution in [3.63, 3.8) is 0 Å². The van der Waals surface area contributed by atoms with Gasteiger partial charge in [-0.2, -0.15) is 8.42 Å². The number of ether oxygens (including phenoxy) is 1. The summed E-state index contributed by atoms with van der Waals surface area (Å²) in [7, 11) is -5.99. The van der Waals surface area contributed by atoms with Crippen LogP contribution in [0.3, 0.4) is 0 Å². The Balaban J connectivity index is 2.62. The molecule has 6 nitrogen and oxygen atoms in total. The number of rotatable bonds is 3. The second-order valence-electron chi connectivity index (χ2n) is 8.71. The largest absolute Gasteiger partial charge is 0.495 e. The number of hydrogen-bond donors (Lipinski definition) is 0. The minimum Gasteiger partial charge on any atom is -0.456 e. The van der Waals surface area contributed by atoms with Crippen molar-refractivity contribution in [1.82, 2.24) is 0 Å². The number of carbonyl (C=O) groups is 1. The maximum Gasteiger partial charge on any atom is 0.495 e. The average Bonchev–Trinajstić information content (AvgIpc) is 2.64. The van der Waals surface area contributed by atoms with Gasteiger partial charge < -0.3 is 14.0 Å². The van der Waals surface area contributed by atoms with Crippen LogP contribution in [0, 0.1) is 6.92 Å². The number of benzene rings is 1. The molecule has 0 aromatic heterocycles. The second-order valence-corrected chi connectivity index (χ2v) is 10.1. The lowest BCUT2D eigenvalue weighted by atomic mass is 9.75. The third kappa shape index (κ3) is 4.52. The Bertz CT molecular complexity index is 855. The fourth-order valence-electron chi connectivity index (χ4n) is 2.61. The summed E-state index contributed by atoms with van der Waals surface area (Å²) >= 11 is 0. The number of carbonyl (C=O) groups excluding carboxylic acids is 1. The summed E-state index contributed by atoms with van der Waals surface area (Å²) in [6, 6.07) is 2.12. The molecule has 1 aromatic rings. The van der Waals surface area contributed by atoms with Crippen molar-refractivity contribution in [2.45, 2.75) is 77.1 Å². The van der Waals surface area contributed by atoms with Gasteiger partial charge in [-0.1, -0.05) is 0 Å². The van der Waals surface area contributed by atoms with Crippen LogP contribution in [0.4, 0.5) is 3.89 Å². The summed E-state index contributed by atoms with van der Waals surface area (Å²) < 4.78 is 54.0. The first-order valence-electron chi connectivity index (χ1n) is 8.63. The molecule has 2 rings (SSSR count). The molecule has 1 heterocycles. The summed E-state index contributed by atoms with van der Waals surface area (Å²) in [5.41, 5.74) is -1.52. The molecular weight excluding hydrogens is 374 g/mol. The van der Waals surface area contributed by atoms with Crippen LogP contribution in [0.1, 0.15) is 64.4 Å². The number of hydrogen-bond acceptors (Lipinski definition) is 6. The van der Waals surface area contributed by atoms with E-state index in [0.717, 1.165) is 12.1 Å². The van der Waals surface area contributed by atoms with E-state index < -0.39 is 45.0 Å². The van der Waals surface area contributed by atoms with E-state index in [1.807, 2.05) is 27.7 Å². The van der Waals surface area contributed by atoms with Crippen molar-refractivity contribution < 1.29 is 31.1 Å². The lowest BCUT2D eigenvalue weighted by Gasteiger charge is -2.32. The zero-order chi connectivity index (χ0) is 21.0. The smallest absolute Gasteiger partial charge is 0.456 e. The summed E-state index contributed by atoms with van der Waals surface area (Å²) in [5.74, 6) is -0.747. The molecule has 0 saturated carbocycles. The topological polar surface area (TPSA) is 78.9 Å². The number of halogens is 1. The Hall–Kier alpha value is -1.45. The lowest BCUT2D eigenvalue weighted by molar-refractivity contribution is 0.00578. The molecule has 0 amide bonds. The van der Waals surface area contributed by atoms with Crippen LogP contribution < -0.4 is 5.46 Å². The van der Waals surface area contributed by atoms with Crippen LogP contribution in [0.25, 0.3) is 0 Å². The van der Waals surface area contributed by atoms with E-state index in [9.17, 15) is 17.1 Å². The van der Waals surface area contributed by atoms with Gasteiger partial charge in [-0.3, -0.25) is 0 Å². The van der Waals surface area contributed by atoms with Crippen LogP contribution in [-0.4, -0.2) is 38.3 Å². The van der Waals surface area contributed by atoms with Crippen molar-refractivity contribution in [1.29, 1.82) is 0 Å². The molecule has 1 aliphatic heterocycles. The third-order valence-electron chi connectivity index (χ3n) is 4.83. The molecule has 0 atom stereocenters. The average molecular weight is 400 g/mol. The highest BCUT2D eigenvalue weighted by Gasteiger charge is 2.52. The van der Waals surface area contributed by atoms with Crippen LogP contribution in [-0.2, 0) is 24.3 Å². The summed E-state index contributed by atoms with van der Waals surface area (Å²) in [6.45, 7) is 14.0. The van der Waals surface area contributed by atoms with Gasteiger partial charge in [0.05, 0.1) is 21.7 Å². The highest BCUT2D eigenvalue weighted by Crippen LogP contribution is 2.37. The van der Waals surface area contributed by atoms with Crippen LogP contribution >= 0.6 is 0 Å². The van der Waals surface area contributed by atoms with Crippen molar-refractivity contribution in [2.75, 3.05) is 0 Å². The SMILES string of the molecule is Cc1c(B2OC(C)(C)C(C)(C)O2)cc(S(=O)(=O)F)cc1C(=O)OC(C)(C)C. The van der Waals surface area contributed by atoms with Gasteiger partial charge in [0.25, 0.3) is 0 Å². The minimum atomic E-state index is -5.05. The zero-order valence-corrected chi connectivity index (χ0v) is 17.8. The maximum absolute atomic E-state index is 13.7. The van der Waals surface area contributed by atoms with E-state index in [-0.39, 0.29) is 11.0 Å². The van der Waals surface area contributed by atoms with Gasteiger partial charge in [0.2, 0.25) is 0 Å². The predicted octanol–water partition coefficient (Wildman–Crippen LogP) is 2.91. The molecule has 0 unspecified atom stereocenters. The Morgan fingerprint density at radius 1 is 1.11 bits per heavy atom. The van der Waals surface area contributed by atoms with Crippen molar-refractivity contribution in [3.05, 3.63) is 23.3 Å². The summed E-state index contributed by atoms with van der Waals surface area (Å²) in [4.78, 5) is 11.9. The Labute approximate surface area is 160 Å². The highest BCUT2D eigenvalue weighted by atomic mass is 32.3. The quantitative estimate of drug-likeness (QED) is 0.441. The molecule has 1 fully saturated rings. The molecule has 0 spiro atoms. The Morgan fingerprint density at radius 3 is 2.00 bits per heavy atom. The molecule has 9 heteroatoms. The van der Waals surface area contributed by atoms with Gasteiger partial charge in [-0.05, 0) is 78.5 Å². The van der Waals surface area contributed by atoms with Crippen molar-refractivity contribution in [2.24, 2.45) is 0 Å². The van der Waals surface area contributed by atoms with Gasteiger partial charge in [-0.15, -0.1) is 3.89 Å². The van der Waals surface area contributed by atoms with E-state index >= 15 is 0 Å². The number of esters is 1. The molecule has 1 saturated heterocycles. The fraction of sp³-hybridized carbons (Fsp3) is 0.611. The Morgan fingerprint density at radius 2 is 1.59 bits per heavy atom. The van der Waals surface area contributed by atoms with Gasteiger partial charge in [0.15, 0.2) is 0 Å². The van der Waals surface area contributed by atoms with E-state index in [1.54, 1.807) is 27.7 Å². The standard InChI is InChI=1S/C18H26BFO6S/c1-11-13(15(21)24-16(2,3)4)9-12(27(20,22)23)10-14(11)19-25-17(5,6)18(7,8)26-19/h9-10H,1-8H3. The molecule has 0 N–H and O–H groups in total. The lowest BCUT2D eigenvalue weighted by Crippen LogP contribution is -2.41. The first-order chi connectivity index (χ1) is 11.9. The van der Waals surface area contributed by atoms with E-state index in [1.165, 1.54) is 0 Å². The summed E-state index contributed by atoms with van der Waals surface area (Å²) in [5, 5.41) is 0. The monoisotopic (exact) mass is 400 g/mol. The molecular formula is C18H26BFO6S. The first-order valence-corrected chi connectivity index (χ1v) is 10.0. The van der Waals surface area contributed by atoms with Crippen molar-refractivity contribution >= 4 is 28.8 Å². The fourth-order valence-corrected chi connectivity index (χ4v) is 3.14. The summed E-state index contributed by atoms with van der Waals surface area (Å²) in [6.07, 6.45) is 0. The van der Waals surface area contributed by atoms with Gasteiger partial charge in [-0.25, -0.2) is 4.79 Å². The first kappa shape index (κ1) is 21.9. The molecule has 0 aliphatic carbocycles. The van der Waals surface area contributed by atoms with E-state index in [4.69, 9.17) is 14.0 Å². The maximum atomic E-state index is 13.7. The molecule has 150 valence electrons. The second kappa shape index (κ2) is 6.56. The normalized spacial score (nSPS) is 19.2. The molecule has 1 aromatic carbocycles. The van der Waals surface area contributed by atoms with Crippen LogP contribution in [0.15, 0.2) is 17.0 Å². The van der Waals surface area contributed by atoms with Gasteiger partial charge in [0, 0.05) is 0 Å². The molecule has 0 bridgehead atoms. The van der Waals surface area contributed by atoms with Gasteiger partial charge >= 0.3 is 23.3 Å². The molecule has 1 aliphatic rings. The van der Waals surface area contributed by atoms with E-state index in [0.29, 0.717) is 5.56 Å². The minimum absolute atomic E-state index is 0.0478. The van der Waals surface area contributed by atoms with E-state index in [2.05, 4.69) is 0 Å². The molecule has 0 radical (unpaired) electrons. The molecule has 27 heavy (non-hydrogen) atoms. The Kier molecular flexibility index (Phi) is 5.31. The van der Waals surface area contributed by atoms with Crippen LogP contribution in [0.5, 0.6) is 0 Å². The predicted molar refractivity (Wildman–Crippen MR) is 100 cm³/mol. The highest BCUT2D eigenvalue weighted by molar-refractivity contribution is 7.86. The third-order valence-corrected chi connectivity index (χ3v) is 5.63. The zero-order valence-electron chi connectivity index (χ0n) is 17.0.